The molecule has 1 aromatic carbocycles. The lowest BCUT2D eigenvalue weighted by Crippen LogP contribution is -2.54. The van der Waals surface area contributed by atoms with E-state index in [0.717, 1.165) is 12.0 Å². The summed E-state index contributed by atoms with van der Waals surface area (Å²) in [5.74, 6) is -1.42. The van der Waals surface area contributed by atoms with Crippen LogP contribution in [-0.4, -0.2) is 58.7 Å². The van der Waals surface area contributed by atoms with Crippen LogP contribution in [0.5, 0.6) is 0 Å². The van der Waals surface area contributed by atoms with Crippen molar-refractivity contribution in [1.29, 1.82) is 0 Å². The Labute approximate surface area is 244 Å². The van der Waals surface area contributed by atoms with E-state index in [-0.39, 0.29) is 37.8 Å². The molecule has 0 bridgehead atoms. The van der Waals surface area contributed by atoms with Crippen molar-refractivity contribution in [3.8, 4) is 0 Å². The summed E-state index contributed by atoms with van der Waals surface area (Å²) in [4.78, 5) is 60.9. The summed E-state index contributed by atoms with van der Waals surface area (Å²) in [6.45, 7) is 8.70. The molecule has 0 aromatic heterocycles. The van der Waals surface area contributed by atoms with Gasteiger partial charge in [-0.2, -0.15) is 0 Å². The number of hydrogen-bond acceptors (Lipinski definition) is 7. The fourth-order valence-corrected chi connectivity index (χ4v) is 4.37. The second-order valence-corrected chi connectivity index (χ2v) is 11.3. The first-order valence-electron chi connectivity index (χ1n) is 13.6. The summed E-state index contributed by atoms with van der Waals surface area (Å²) < 4.78 is 16.4. The average Bonchev–Trinajstić information content (AvgIpc) is 2.92. The van der Waals surface area contributed by atoms with E-state index in [4.69, 9.17) is 10.5 Å². The first-order valence-corrected chi connectivity index (χ1v) is 15.0. The Morgan fingerprint density at radius 2 is 1.71 bits per heavy atom. The van der Waals surface area contributed by atoms with E-state index >= 15 is 0 Å². The van der Waals surface area contributed by atoms with E-state index < -0.39 is 47.1 Å². The third-order valence-electron chi connectivity index (χ3n) is 5.97. The molecular formula is C28H43N5O7S. The second kappa shape index (κ2) is 19.5. The lowest BCUT2D eigenvalue weighted by atomic mass is 10.0. The van der Waals surface area contributed by atoms with Crippen molar-refractivity contribution in [3.05, 3.63) is 41.8 Å². The van der Waals surface area contributed by atoms with Crippen LogP contribution in [0.4, 0.5) is 10.5 Å². The average molecular weight is 594 g/mol. The van der Waals surface area contributed by atoms with Crippen LogP contribution in [0.1, 0.15) is 64.9 Å². The lowest BCUT2D eigenvalue weighted by Gasteiger charge is -2.25. The molecule has 0 saturated carbocycles. The number of unbranched alkanes of at least 4 members (excludes halogenated alkanes) is 2. The maximum absolute atomic E-state index is 13.2. The van der Waals surface area contributed by atoms with E-state index in [1.807, 2.05) is 0 Å². The summed E-state index contributed by atoms with van der Waals surface area (Å²) in [6, 6.07) is 4.18. The molecule has 13 heteroatoms. The molecule has 2 unspecified atom stereocenters. The van der Waals surface area contributed by atoms with Gasteiger partial charge in [0.2, 0.25) is 17.7 Å². The normalized spacial score (nSPS) is 12.9. The summed E-state index contributed by atoms with van der Waals surface area (Å²) >= 11 is -1.06. The molecule has 0 radical (unpaired) electrons. The summed E-state index contributed by atoms with van der Waals surface area (Å²) in [7, 11) is 0. The van der Waals surface area contributed by atoms with Crippen molar-refractivity contribution in [2.45, 2.75) is 78.0 Å². The number of carbonyl (C=O) groups is 5. The van der Waals surface area contributed by atoms with E-state index in [9.17, 15) is 28.5 Å². The van der Waals surface area contributed by atoms with Gasteiger partial charge in [-0.1, -0.05) is 32.6 Å². The highest BCUT2D eigenvalue weighted by atomic mass is 32.2. The predicted molar refractivity (Wildman–Crippen MR) is 158 cm³/mol. The Morgan fingerprint density at radius 1 is 1.02 bits per heavy atom. The molecule has 6 N–H and O–H groups in total. The number of nitrogens with one attached hydrogen (secondary N) is 4. The largest absolute Gasteiger partial charge is 0.612 e. The van der Waals surface area contributed by atoms with Gasteiger partial charge < -0.3 is 36.3 Å². The van der Waals surface area contributed by atoms with E-state index in [1.165, 1.54) is 12.3 Å². The molecule has 12 nitrogen and oxygen atoms in total. The molecule has 0 aliphatic carbocycles. The van der Waals surface area contributed by atoms with Crippen molar-refractivity contribution in [2.24, 2.45) is 11.7 Å². The molecule has 0 fully saturated rings. The second-order valence-electron chi connectivity index (χ2n) is 9.81. The lowest BCUT2D eigenvalue weighted by molar-refractivity contribution is -0.142. The molecule has 228 valence electrons. The van der Waals surface area contributed by atoms with Crippen molar-refractivity contribution >= 4 is 46.6 Å². The van der Waals surface area contributed by atoms with Gasteiger partial charge in [-0.25, -0.2) is 4.79 Å². The summed E-state index contributed by atoms with van der Waals surface area (Å²) in [6.07, 6.45) is 2.79. The molecule has 0 heterocycles. The topological polar surface area (TPSA) is 192 Å². The zero-order valence-corrected chi connectivity index (χ0v) is 24.8. The smallest absolute Gasteiger partial charge is 0.312 e. The van der Waals surface area contributed by atoms with Crippen LogP contribution in [0.3, 0.4) is 0 Å². The van der Waals surface area contributed by atoms with Gasteiger partial charge in [0.05, 0.1) is 0 Å². The van der Waals surface area contributed by atoms with Gasteiger partial charge in [0, 0.05) is 25.6 Å². The molecule has 1 aromatic rings. The van der Waals surface area contributed by atoms with Crippen molar-refractivity contribution < 1.29 is 33.3 Å². The number of esters is 1. The van der Waals surface area contributed by atoms with Crippen LogP contribution in [0.25, 0.3) is 0 Å². The van der Waals surface area contributed by atoms with Crippen LogP contribution in [0.15, 0.2) is 36.3 Å². The van der Waals surface area contributed by atoms with Crippen molar-refractivity contribution in [1.82, 2.24) is 16.0 Å². The molecule has 0 spiro atoms. The number of carbonyl (C=O) groups excluding carboxylic acids is 5. The minimum absolute atomic E-state index is 0.105. The molecule has 41 heavy (non-hydrogen) atoms. The maximum atomic E-state index is 13.2. The molecular weight excluding hydrogens is 550 g/mol. The van der Waals surface area contributed by atoms with Gasteiger partial charge in [-0.3, -0.25) is 19.2 Å². The van der Waals surface area contributed by atoms with Crippen LogP contribution in [0, 0.1) is 5.92 Å². The van der Waals surface area contributed by atoms with E-state index in [2.05, 4.69) is 27.8 Å². The van der Waals surface area contributed by atoms with Crippen LogP contribution in [-0.2, 0) is 41.7 Å². The number of rotatable bonds is 19. The standard InChI is InChI=1S/C28H43N5O7S/c1-5-41(39)17-8-6-7-11-24(35)33-25(19(2)3)27(37)32-23(10-9-16-30-28(29)38)26(36)31-22-14-12-21(13-15-22)18-40-20(4)34/h5,12-15,19,23,25H,1,6-11,16-18H2,2-4H3,(H,31,36)(H,32,37)(H,33,35)(H3,29,30,38)/t23-,25?,41?/m1/s1. The number of benzene rings is 1. The molecule has 0 saturated heterocycles. The highest BCUT2D eigenvalue weighted by molar-refractivity contribution is 7.94. The molecule has 0 aliphatic rings. The van der Waals surface area contributed by atoms with Gasteiger partial charge >= 0.3 is 12.0 Å². The Balaban J connectivity index is 2.81. The fourth-order valence-electron chi connectivity index (χ4n) is 3.72. The number of urea groups is 1. The molecule has 5 amide bonds. The Hall–Kier alpha value is -3.58. The van der Waals surface area contributed by atoms with Crippen LogP contribution >= 0.6 is 0 Å². The number of anilines is 1. The number of primary amides is 1. The highest BCUT2D eigenvalue weighted by Gasteiger charge is 2.28. The van der Waals surface area contributed by atoms with Crippen molar-refractivity contribution in [3.63, 3.8) is 0 Å². The van der Waals surface area contributed by atoms with E-state index in [1.54, 1.807) is 38.1 Å². The quantitative estimate of drug-likeness (QED) is 0.0922. The predicted octanol–water partition coefficient (Wildman–Crippen LogP) is 2.21. The first-order chi connectivity index (χ1) is 19.4. The van der Waals surface area contributed by atoms with Crippen molar-refractivity contribution in [2.75, 3.05) is 17.6 Å². The minimum atomic E-state index is -1.06. The third kappa shape index (κ3) is 15.7. The number of ether oxygens (including phenoxy) is 1. The van der Waals surface area contributed by atoms with Crippen LogP contribution in [0.2, 0.25) is 0 Å². The Morgan fingerprint density at radius 3 is 2.29 bits per heavy atom. The van der Waals surface area contributed by atoms with Gasteiger partial charge in [0.25, 0.3) is 0 Å². The fraction of sp³-hybridized carbons (Fsp3) is 0.536. The molecule has 3 atom stereocenters. The summed E-state index contributed by atoms with van der Waals surface area (Å²) in [5.41, 5.74) is 6.32. The Kier molecular flexibility index (Phi) is 16.8. The van der Waals surface area contributed by atoms with E-state index in [0.29, 0.717) is 30.7 Å². The maximum Gasteiger partial charge on any atom is 0.312 e. The van der Waals surface area contributed by atoms with Crippen LogP contribution < -0.4 is 27.0 Å². The van der Waals surface area contributed by atoms with Gasteiger partial charge in [0.15, 0.2) is 0 Å². The summed E-state index contributed by atoms with van der Waals surface area (Å²) in [5, 5.41) is 12.1. The number of amides is 5. The number of hydrogen-bond donors (Lipinski definition) is 5. The number of nitrogens with two attached hydrogens (primary N) is 1. The first kappa shape index (κ1) is 35.4. The Bertz CT molecular complexity index is 1020. The zero-order valence-electron chi connectivity index (χ0n) is 24.0. The SMILES string of the molecule is C=C[S+]([O-])CCCCCC(=O)NC(C(=O)N[C@H](CCCNC(N)=O)C(=O)Nc1ccc(COC(C)=O)cc1)C(C)C. The minimum Gasteiger partial charge on any atom is -0.612 e. The molecule has 1 rings (SSSR count). The highest BCUT2D eigenvalue weighted by Crippen LogP contribution is 2.13. The van der Waals surface area contributed by atoms with Gasteiger partial charge in [0.1, 0.15) is 29.9 Å². The molecule has 0 aliphatic heterocycles. The monoisotopic (exact) mass is 593 g/mol. The third-order valence-corrected chi connectivity index (χ3v) is 7.03. The zero-order chi connectivity index (χ0) is 30.8. The van der Waals surface area contributed by atoms with Gasteiger partial charge in [-0.15, -0.1) is 0 Å². The van der Waals surface area contributed by atoms with Gasteiger partial charge in [-0.05, 0) is 66.9 Å².